The molecule has 1 atom stereocenters. The monoisotopic (exact) mass is 463 g/mol. The van der Waals surface area contributed by atoms with E-state index in [1.807, 2.05) is 0 Å². The van der Waals surface area contributed by atoms with Crippen molar-refractivity contribution in [1.82, 2.24) is 4.31 Å². The van der Waals surface area contributed by atoms with Gasteiger partial charge in [-0.25, -0.2) is 16.8 Å². The highest BCUT2D eigenvalue weighted by molar-refractivity contribution is 7.92. The Kier molecular flexibility index (Phi) is 6.26. The Hall–Kier alpha value is -1.32. The van der Waals surface area contributed by atoms with Gasteiger partial charge < -0.3 is 4.74 Å². The van der Waals surface area contributed by atoms with Crippen LogP contribution in [-0.2, 0) is 26.4 Å². The Morgan fingerprint density at radius 2 is 1.71 bits per heavy atom. The van der Waals surface area contributed by atoms with Crippen molar-refractivity contribution in [1.29, 1.82) is 0 Å². The molecule has 0 aliphatic carbocycles. The number of nitrogens with zero attached hydrogens (tertiary/aromatic N) is 1. The van der Waals surface area contributed by atoms with Crippen molar-refractivity contribution in [3.63, 3.8) is 0 Å². The summed E-state index contributed by atoms with van der Waals surface area (Å²) in [7, 11) is -5.77. The molecule has 2 aromatic carbocycles. The summed E-state index contributed by atoms with van der Waals surface area (Å²) in [6, 6.07) is 10.3. The summed E-state index contributed by atoms with van der Waals surface area (Å²) in [5, 5.41) is 0.379. The van der Waals surface area contributed by atoms with Crippen molar-refractivity contribution in [2.24, 2.45) is 0 Å². The molecule has 0 N–H and O–H groups in total. The van der Waals surface area contributed by atoms with Gasteiger partial charge in [-0.05, 0) is 42.3 Å². The number of rotatable bonds is 6. The topological polar surface area (TPSA) is 80.8 Å². The highest BCUT2D eigenvalue weighted by Crippen LogP contribution is 2.30. The first kappa shape index (κ1) is 21.4. The lowest BCUT2D eigenvalue weighted by molar-refractivity contribution is 0.334. The first-order valence-electron chi connectivity index (χ1n) is 8.42. The molecule has 1 fully saturated rings. The van der Waals surface area contributed by atoms with E-state index in [4.69, 9.17) is 27.9 Å². The second-order valence-electron chi connectivity index (χ2n) is 6.56. The van der Waals surface area contributed by atoms with Crippen molar-refractivity contribution >= 4 is 43.1 Å². The molecule has 0 radical (unpaired) electrons. The van der Waals surface area contributed by atoms with E-state index in [1.54, 1.807) is 24.3 Å². The number of hydrogen-bond donors (Lipinski definition) is 0. The largest absolute Gasteiger partial charge is 0.497 e. The average molecular weight is 464 g/mol. The third-order valence-electron chi connectivity index (χ3n) is 4.56. The van der Waals surface area contributed by atoms with Crippen molar-refractivity contribution < 1.29 is 21.6 Å². The quantitative estimate of drug-likeness (QED) is 0.655. The molecule has 10 heteroatoms. The first-order valence-corrected chi connectivity index (χ1v) is 12.4. The van der Waals surface area contributed by atoms with Crippen LogP contribution in [0.1, 0.15) is 12.0 Å². The second-order valence-corrected chi connectivity index (χ2v) is 11.6. The van der Waals surface area contributed by atoms with Crippen LogP contribution >= 0.6 is 23.2 Å². The minimum absolute atomic E-state index is 0.0245. The molecule has 2 aromatic rings. The van der Waals surface area contributed by atoms with Gasteiger partial charge in [0.1, 0.15) is 5.75 Å². The van der Waals surface area contributed by atoms with Gasteiger partial charge in [0.15, 0.2) is 9.84 Å². The predicted molar refractivity (Wildman–Crippen MR) is 109 cm³/mol. The van der Waals surface area contributed by atoms with E-state index in [0.717, 1.165) is 0 Å². The minimum Gasteiger partial charge on any atom is -0.497 e. The van der Waals surface area contributed by atoms with Gasteiger partial charge in [-0.15, -0.1) is 0 Å². The van der Waals surface area contributed by atoms with Crippen LogP contribution in [0.25, 0.3) is 0 Å². The summed E-state index contributed by atoms with van der Waals surface area (Å²) in [4.78, 5) is -0.0668. The van der Waals surface area contributed by atoms with Crippen LogP contribution in [0.2, 0.25) is 10.0 Å². The van der Waals surface area contributed by atoms with Crippen molar-refractivity contribution in [3.8, 4) is 5.75 Å². The molecule has 0 saturated carbocycles. The zero-order valence-electron chi connectivity index (χ0n) is 15.0. The van der Waals surface area contributed by atoms with Crippen molar-refractivity contribution in [2.75, 3.05) is 18.6 Å². The maximum Gasteiger partial charge on any atom is 0.243 e. The molecule has 0 spiro atoms. The summed E-state index contributed by atoms with van der Waals surface area (Å²) in [5.74, 6) is 0.391. The Morgan fingerprint density at radius 3 is 2.21 bits per heavy atom. The van der Waals surface area contributed by atoms with E-state index in [-0.39, 0.29) is 39.4 Å². The fraction of sp³-hybridized carbons (Fsp3) is 0.333. The molecule has 1 aliphatic heterocycles. The van der Waals surface area contributed by atoms with Crippen LogP contribution in [0, 0.1) is 0 Å². The standard InChI is InChI=1S/C18H19Cl2NO5S2/c1-26-17-4-2-13(3-5-17)11-21(16-6-7-27(22,23)12-16)28(24,25)18-9-14(19)8-15(20)10-18/h2-5,8-10,16H,6-7,11-12H2,1H3. The number of halogens is 2. The Morgan fingerprint density at radius 1 is 1.11 bits per heavy atom. The van der Waals surface area contributed by atoms with E-state index in [9.17, 15) is 16.8 Å². The highest BCUT2D eigenvalue weighted by atomic mass is 35.5. The van der Waals surface area contributed by atoms with Crippen LogP contribution in [0.15, 0.2) is 47.4 Å². The molecule has 6 nitrogen and oxygen atoms in total. The molecule has 0 aromatic heterocycles. The van der Waals surface area contributed by atoms with Crippen LogP contribution in [0.5, 0.6) is 5.75 Å². The molecule has 0 amide bonds. The fourth-order valence-corrected chi connectivity index (χ4v) is 7.33. The van der Waals surface area contributed by atoms with Gasteiger partial charge in [-0.2, -0.15) is 4.31 Å². The number of benzene rings is 2. The van der Waals surface area contributed by atoms with Crippen LogP contribution in [0.4, 0.5) is 0 Å². The van der Waals surface area contributed by atoms with E-state index >= 15 is 0 Å². The van der Waals surface area contributed by atoms with Gasteiger partial charge >= 0.3 is 0 Å². The van der Waals surface area contributed by atoms with E-state index < -0.39 is 25.9 Å². The van der Waals surface area contributed by atoms with E-state index in [0.29, 0.717) is 11.3 Å². The van der Waals surface area contributed by atoms with Crippen LogP contribution in [-0.4, -0.2) is 45.8 Å². The zero-order chi connectivity index (χ0) is 20.5. The molecule has 1 unspecified atom stereocenters. The summed E-state index contributed by atoms with van der Waals surface area (Å²) >= 11 is 12.0. The molecule has 28 heavy (non-hydrogen) atoms. The number of sulfone groups is 1. The second kappa shape index (κ2) is 8.20. The van der Waals surface area contributed by atoms with Gasteiger partial charge in [0.2, 0.25) is 10.0 Å². The van der Waals surface area contributed by atoms with Gasteiger partial charge in [-0.3, -0.25) is 0 Å². The fourth-order valence-electron chi connectivity index (χ4n) is 3.14. The third kappa shape index (κ3) is 4.80. The predicted octanol–water partition coefficient (Wildman–Crippen LogP) is 3.38. The number of hydrogen-bond acceptors (Lipinski definition) is 5. The lowest BCUT2D eigenvalue weighted by Gasteiger charge is -2.27. The molecule has 1 aliphatic rings. The van der Waals surface area contributed by atoms with Gasteiger partial charge in [0.05, 0.1) is 23.5 Å². The molecule has 1 heterocycles. The molecular formula is C18H19Cl2NO5S2. The minimum atomic E-state index is -4.02. The summed E-state index contributed by atoms with van der Waals surface area (Å²) in [5.41, 5.74) is 0.710. The highest BCUT2D eigenvalue weighted by Gasteiger charge is 2.39. The molecule has 0 bridgehead atoms. The lowest BCUT2D eigenvalue weighted by atomic mass is 10.2. The van der Waals surface area contributed by atoms with Gasteiger partial charge in [0.25, 0.3) is 0 Å². The summed E-state index contributed by atoms with van der Waals surface area (Å²) in [6.07, 6.45) is 0.242. The van der Waals surface area contributed by atoms with Gasteiger partial charge in [-0.1, -0.05) is 35.3 Å². The van der Waals surface area contributed by atoms with Gasteiger partial charge in [0, 0.05) is 22.6 Å². The summed E-state index contributed by atoms with van der Waals surface area (Å²) < 4.78 is 57.0. The zero-order valence-corrected chi connectivity index (χ0v) is 18.2. The molecule has 1 saturated heterocycles. The number of ether oxygens (including phenoxy) is 1. The Bertz CT molecular complexity index is 1050. The lowest BCUT2D eigenvalue weighted by Crippen LogP contribution is -2.40. The Labute approximate surface area is 175 Å². The maximum atomic E-state index is 13.4. The van der Waals surface area contributed by atoms with E-state index in [1.165, 1.54) is 29.6 Å². The number of sulfonamides is 1. The molecule has 3 rings (SSSR count). The maximum absolute atomic E-state index is 13.4. The average Bonchev–Trinajstić information content (AvgIpc) is 2.98. The van der Waals surface area contributed by atoms with Crippen molar-refractivity contribution in [3.05, 3.63) is 58.1 Å². The smallest absolute Gasteiger partial charge is 0.243 e. The van der Waals surface area contributed by atoms with Crippen molar-refractivity contribution in [2.45, 2.75) is 23.9 Å². The van der Waals surface area contributed by atoms with E-state index in [2.05, 4.69) is 0 Å². The third-order valence-corrected chi connectivity index (χ3v) is 8.62. The SMILES string of the molecule is COc1ccc(CN(C2CCS(=O)(=O)C2)S(=O)(=O)c2cc(Cl)cc(Cl)c2)cc1. The molecule has 152 valence electrons. The van der Waals surface area contributed by atoms with Crippen LogP contribution < -0.4 is 4.74 Å². The number of methoxy groups -OCH3 is 1. The summed E-state index contributed by atoms with van der Waals surface area (Å²) in [6.45, 7) is 0.0245. The molecular weight excluding hydrogens is 445 g/mol. The van der Waals surface area contributed by atoms with Crippen LogP contribution in [0.3, 0.4) is 0 Å². The first-order chi connectivity index (χ1) is 13.1. The normalized spacial score (nSPS) is 19.1. The Balaban J connectivity index is 2.01.